The zero-order valence-electron chi connectivity index (χ0n) is 13.5. The molecule has 3 heterocycles. The number of nitrogens with one attached hydrogen (secondary N) is 1. The van der Waals surface area contributed by atoms with Crippen LogP contribution < -0.4 is 5.32 Å². The van der Waals surface area contributed by atoms with Crippen molar-refractivity contribution in [1.29, 1.82) is 0 Å². The molecule has 0 saturated heterocycles. The Morgan fingerprint density at radius 1 is 1.20 bits per heavy atom. The molecule has 5 nitrogen and oxygen atoms in total. The summed E-state index contributed by atoms with van der Waals surface area (Å²) >= 11 is 1.36. The van der Waals surface area contributed by atoms with Crippen molar-refractivity contribution < 1.29 is 9.18 Å². The summed E-state index contributed by atoms with van der Waals surface area (Å²) in [6.45, 7) is 0.795. The van der Waals surface area contributed by atoms with E-state index in [9.17, 15) is 9.18 Å². The van der Waals surface area contributed by atoms with Crippen LogP contribution in [0.25, 0.3) is 11.4 Å². The Bertz CT molecular complexity index is 904. The predicted molar refractivity (Wildman–Crippen MR) is 95.2 cm³/mol. The Kier molecular flexibility index (Phi) is 4.31. The molecule has 25 heavy (non-hydrogen) atoms. The van der Waals surface area contributed by atoms with Crippen molar-refractivity contribution >= 4 is 22.9 Å². The van der Waals surface area contributed by atoms with Crippen LogP contribution in [0.2, 0.25) is 0 Å². The first-order valence-electron chi connectivity index (χ1n) is 8.29. The number of rotatable bonds is 3. The molecule has 1 aliphatic heterocycles. The first-order valence-corrected chi connectivity index (χ1v) is 9.17. The molecule has 0 atom stereocenters. The molecule has 0 saturated carbocycles. The second kappa shape index (κ2) is 6.76. The zero-order chi connectivity index (χ0) is 17.2. The molecule has 3 aromatic rings. The topological polar surface area (TPSA) is 59.8 Å². The SMILES string of the molecule is O=C(Nc1ccc(F)c(-c2nnc3n2CCCCC3)c1)c1cccs1. The fourth-order valence-electron chi connectivity index (χ4n) is 3.06. The van der Waals surface area contributed by atoms with E-state index in [1.54, 1.807) is 18.2 Å². The second-order valence-electron chi connectivity index (χ2n) is 6.03. The van der Waals surface area contributed by atoms with Gasteiger partial charge in [0.15, 0.2) is 5.82 Å². The number of nitrogens with zero attached hydrogens (tertiary/aromatic N) is 3. The van der Waals surface area contributed by atoms with Gasteiger partial charge in [0.2, 0.25) is 0 Å². The van der Waals surface area contributed by atoms with E-state index in [1.807, 2.05) is 16.0 Å². The number of amides is 1. The third-order valence-corrected chi connectivity index (χ3v) is 5.19. The van der Waals surface area contributed by atoms with Crippen LogP contribution >= 0.6 is 11.3 Å². The first-order chi connectivity index (χ1) is 12.2. The smallest absolute Gasteiger partial charge is 0.265 e. The number of aryl methyl sites for hydroxylation is 1. The highest BCUT2D eigenvalue weighted by atomic mass is 32.1. The van der Waals surface area contributed by atoms with Gasteiger partial charge in [-0.3, -0.25) is 4.79 Å². The van der Waals surface area contributed by atoms with E-state index in [-0.39, 0.29) is 11.7 Å². The minimum Gasteiger partial charge on any atom is -0.321 e. The number of thiophene rings is 1. The van der Waals surface area contributed by atoms with Crippen molar-refractivity contribution in [3.8, 4) is 11.4 Å². The van der Waals surface area contributed by atoms with Gasteiger partial charge >= 0.3 is 0 Å². The van der Waals surface area contributed by atoms with Crippen LogP contribution in [0.15, 0.2) is 35.7 Å². The molecule has 1 aromatic carbocycles. The van der Waals surface area contributed by atoms with E-state index >= 15 is 0 Å². The van der Waals surface area contributed by atoms with Gasteiger partial charge in [0.25, 0.3) is 5.91 Å². The number of hydrogen-bond acceptors (Lipinski definition) is 4. The molecule has 0 spiro atoms. The molecular weight excluding hydrogens is 339 g/mol. The maximum atomic E-state index is 14.4. The molecule has 4 rings (SSSR count). The third-order valence-electron chi connectivity index (χ3n) is 4.32. The largest absolute Gasteiger partial charge is 0.321 e. The fraction of sp³-hybridized carbons (Fsp3) is 0.278. The van der Waals surface area contributed by atoms with Crippen LogP contribution in [0.3, 0.4) is 0 Å². The highest BCUT2D eigenvalue weighted by Gasteiger charge is 2.19. The van der Waals surface area contributed by atoms with Crippen molar-refractivity contribution in [3.63, 3.8) is 0 Å². The Hall–Kier alpha value is -2.54. The van der Waals surface area contributed by atoms with Crippen LogP contribution in [0.5, 0.6) is 0 Å². The monoisotopic (exact) mass is 356 g/mol. The molecule has 1 N–H and O–H groups in total. The Morgan fingerprint density at radius 2 is 2.12 bits per heavy atom. The normalized spacial score (nSPS) is 14.0. The molecule has 2 aromatic heterocycles. The van der Waals surface area contributed by atoms with E-state index in [4.69, 9.17) is 0 Å². The van der Waals surface area contributed by atoms with Crippen molar-refractivity contribution in [2.75, 3.05) is 5.32 Å². The quantitative estimate of drug-likeness (QED) is 0.768. The van der Waals surface area contributed by atoms with E-state index in [1.165, 1.54) is 17.4 Å². The minimum atomic E-state index is -0.367. The Labute approximate surface area is 148 Å². The molecule has 0 unspecified atom stereocenters. The maximum Gasteiger partial charge on any atom is 0.265 e. The molecule has 0 fully saturated rings. The molecule has 1 aliphatic rings. The van der Waals surface area contributed by atoms with E-state index in [2.05, 4.69) is 15.5 Å². The second-order valence-corrected chi connectivity index (χ2v) is 6.98. The van der Waals surface area contributed by atoms with Crippen molar-refractivity contribution in [2.24, 2.45) is 0 Å². The van der Waals surface area contributed by atoms with Crippen LogP contribution in [0, 0.1) is 5.82 Å². The summed E-state index contributed by atoms with van der Waals surface area (Å²) in [6.07, 6.45) is 4.12. The summed E-state index contributed by atoms with van der Waals surface area (Å²) in [6, 6.07) is 8.12. The minimum absolute atomic E-state index is 0.201. The van der Waals surface area contributed by atoms with E-state index in [0.717, 1.165) is 38.1 Å². The summed E-state index contributed by atoms with van der Waals surface area (Å²) in [4.78, 5) is 12.8. The number of hydrogen-bond donors (Lipinski definition) is 1. The molecule has 0 bridgehead atoms. The van der Waals surface area contributed by atoms with Crippen LogP contribution in [-0.2, 0) is 13.0 Å². The van der Waals surface area contributed by atoms with Gasteiger partial charge in [-0.2, -0.15) is 0 Å². The van der Waals surface area contributed by atoms with Crippen LogP contribution in [0.1, 0.15) is 34.8 Å². The van der Waals surface area contributed by atoms with Gasteiger partial charge < -0.3 is 9.88 Å². The van der Waals surface area contributed by atoms with Crippen LogP contribution in [0.4, 0.5) is 10.1 Å². The molecule has 128 valence electrons. The van der Waals surface area contributed by atoms with Gasteiger partial charge in [0.1, 0.15) is 11.6 Å². The van der Waals surface area contributed by atoms with Gasteiger partial charge in [-0.15, -0.1) is 21.5 Å². The predicted octanol–water partition coefficient (Wildman–Crippen LogP) is 4.12. The number of benzene rings is 1. The van der Waals surface area contributed by atoms with Crippen molar-refractivity contribution in [1.82, 2.24) is 14.8 Å². The van der Waals surface area contributed by atoms with E-state index in [0.29, 0.717) is 22.0 Å². The summed E-state index contributed by atoms with van der Waals surface area (Å²) in [5.74, 6) is 0.864. The number of anilines is 1. The highest BCUT2D eigenvalue weighted by Crippen LogP contribution is 2.27. The zero-order valence-corrected chi connectivity index (χ0v) is 14.4. The molecule has 1 amide bonds. The molecule has 0 aliphatic carbocycles. The highest BCUT2D eigenvalue weighted by molar-refractivity contribution is 7.12. The third kappa shape index (κ3) is 3.19. The number of aromatic nitrogens is 3. The maximum absolute atomic E-state index is 14.4. The van der Waals surface area contributed by atoms with Crippen LogP contribution in [-0.4, -0.2) is 20.7 Å². The number of carbonyl (C=O) groups is 1. The first kappa shape index (κ1) is 16.0. The van der Waals surface area contributed by atoms with Gasteiger partial charge in [-0.05, 0) is 42.5 Å². The standard InChI is InChI=1S/C18H17FN4OS/c19-14-8-7-12(20-18(24)15-5-4-10-25-15)11-13(14)17-22-21-16-6-2-1-3-9-23(16)17/h4-5,7-8,10-11H,1-3,6,9H2,(H,20,24). The summed E-state index contributed by atoms with van der Waals surface area (Å²) < 4.78 is 16.4. The Balaban J connectivity index is 1.67. The summed E-state index contributed by atoms with van der Waals surface area (Å²) in [5.41, 5.74) is 0.908. The molecular formula is C18H17FN4OS. The van der Waals surface area contributed by atoms with Gasteiger partial charge in [-0.25, -0.2) is 4.39 Å². The number of carbonyl (C=O) groups excluding carboxylic acids is 1. The Morgan fingerprint density at radius 3 is 2.96 bits per heavy atom. The molecule has 0 radical (unpaired) electrons. The summed E-state index contributed by atoms with van der Waals surface area (Å²) in [5, 5.41) is 13.1. The average molecular weight is 356 g/mol. The van der Waals surface area contributed by atoms with Gasteiger partial charge in [0.05, 0.1) is 10.4 Å². The van der Waals surface area contributed by atoms with Gasteiger partial charge in [-0.1, -0.05) is 12.5 Å². The fourth-order valence-corrected chi connectivity index (χ4v) is 3.68. The average Bonchev–Trinajstić information content (AvgIpc) is 3.22. The van der Waals surface area contributed by atoms with E-state index < -0.39 is 0 Å². The number of fused-ring (bicyclic) bond motifs is 1. The lowest BCUT2D eigenvalue weighted by atomic mass is 10.1. The van der Waals surface area contributed by atoms with Crippen molar-refractivity contribution in [3.05, 3.63) is 52.2 Å². The van der Waals surface area contributed by atoms with Crippen molar-refractivity contribution in [2.45, 2.75) is 32.2 Å². The lowest BCUT2D eigenvalue weighted by Gasteiger charge is -2.10. The summed E-state index contributed by atoms with van der Waals surface area (Å²) in [7, 11) is 0. The van der Waals surface area contributed by atoms with Gasteiger partial charge in [0, 0.05) is 18.7 Å². The molecule has 7 heteroatoms. The number of halogens is 1. The lowest BCUT2D eigenvalue weighted by molar-refractivity contribution is 0.103. The lowest BCUT2D eigenvalue weighted by Crippen LogP contribution is -2.10.